The zero-order valence-electron chi connectivity index (χ0n) is 24.8. The standard InChI is InChI=1S/C30H45N5O7/c1-19(2)42-28(39)25(7-6-23(36)17-32-31)33-27(38)24(5-3-4-8-35-9-10-41-18-26(35)37)34-29(40)30-14-20-11-21(15-30)13-22(12-20)16-30/h17,19-22,24-25H,3-16,18H2,1-2H3,(H,33,38)(H,34,40)/t20?,21?,22?,24-,25-,30?/m0/s1. The Morgan fingerprint density at radius 1 is 1.05 bits per heavy atom. The molecule has 1 heterocycles. The van der Waals surface area contributed by atoms with Crippen molar-refractivity contribution in [1.82, 2.24) is 15.5 Å². The monoisotopic (exact) mass is 587 g/mol. The van der Waals surface area contributed by atoms with Crippen molar-refractivity contribution in [3.05, 3.63) is 5.53 Å². The van der Waals surface area contributed by atoms with Crippen molar-refractivity contribution in [2.75, 3.05) is 26.3 Å². The number of nitrogens with one attached hydrogen (secondary N) is 2. The van der Waals surface area contributed by atoms with Crippen LogP contribution in [0.1, 0.15) is 84.5 Å². The van der Waals surface area contributed by atoms with E-state index in [4.69, 9.17) is 15.0 Å². The van der Waals surface area contributed by atoms with Gasteiger partial charge in [0, 0.05) is 24.9 Å². The minimum atomic E-state index is -1.11. The van der Waals surface area contributed by atoms with Crippen molar-refractivity contribution in [3.8, 4) is 0 Å². The summed E-state index contributed by atoms with van der Waals surface area (Å²) in [6.45, 7) is 5.02. The third-order valence-electron chi connectivity index (χ3n) is 9.23. The predicted molar refractivity (Wildman–Crippen MR) is 151 cm³/mol. The van der Waals surface area contributed by atoms with Crippen LogP contribution in [0.25, 0.3) is 5.53 Å². The zero-order chi connectivity index (χ0) is 30.3. The van der Waals surface area contributed by atoms with Crippen molar-refractivity contribution < 1.29 is 38.2 Å². The molecule has 2 atom stereocenters. The summed E-state index contributed by atoms with van der Waals surface area (Å²) in [5.74, 6) is -0.132. The van der Waals surface area contributed by atoms with Crippen LogP contribution < -0.4 is 10.6 Å². The molecule has 0 aromatic heterocycles. The van der Waals surface area contributed by atoms with Gasteiger partial charge in [-0.05, 0) is 95.8 Å². The van der Waals surface area contributed by atoms with Crippen LogP contribution in [0.15, 0.2) is 0 Å². The van der Waals surface area contributed by atoms with Crippen molar-refractivity contribution >= 4 is 35.7 Å². The minimum Gasteiger partial charge on any atom is -0.461 e. The van der Waals surface area contributed by atoms with Gasteiger partial charge in [0.05, 0.1) is 12.7 Å². The van der Waals surface area contributed by atoms with Crippen LogP contribution in [-0.4, -0.2) is 89.9 Å². The van der Waals surface area contributed by atoms with Crippen LogP contribution in [0.3, 0.4) is 0 Å². The lowest BCUT2D eigenvalue weighted by atomic mass is 9.49. The molecule has 0 unspecified atom stereocenters. The Labute approximate surface area is 247 Å². The van der Waals surface area contributed by atoms with Gasteiger partial charge in [0.1, 0.15) is 18.7 Å². The zero-order valence-corrected chi connectivity index (χ0v) is 24.8. The second kappa shape index (κ2) is 14.4. The molecule has 1 saturated heterocycles. The number of carbonyl (C=O) groups is 5. The number of hydrogen-bond acceptors (Lipinski definition) is 7. The number of carbonyl (C=O) groups excluding carboxylic acids is 5. The van der Waals surface area contributed by atoms with Gasteiger partial charge in [0.15, 0.2) is 0 Å². The number of amides is 3. The van der Waals surface area contributed by atoms with E-state index in [1.54, 1.807) is 18.7 Å². The maximum absolute atomic E-state index is 13.9. The van der Waals surface area contributed by atoms with Crippen LogP contribution in [-0.2, 0) is 33.4 Å². The Morgan fingerprint density at radius 3 is 2.31 bits per heavy atom. The van der Waals surface area contributed by atoms with Gasteiger partial charge in [-0.15, -0.1) is 0 Å². The van der Waals surface area contributed by atoms with Gasteiger partial charge in [0.25, 0.3) is 0 Å². The molecule has 42 heavy (non-hydrogen) atoms. The number of ether oxygens (including phenoxy) is 2. The van der Waals surface area contributed by atoms with Crippen molar-refractivity contribution in [2.45, 2.75) is 103 Å². The summed E-state index contributed by atoms with van der Waals surface area (Å²) in [7, 11) is 0. The second-order valence-corrected chi connectivity index (χ2v) is 12.9. The molecule has 5 fully saturated rings. The molecule has 5 aliphatic rings. The normalized spacial score (nSPS) is 27.6. The molecule has 0 radical (unpaired) electrons. The molecule has 4 aliphatic carbocycles. The fourth-order valence-electron chi connectivity index (χ4n) is 7.66. The SMILES string of the molecule is CC(C)OC(=O)[C@H](CCC(=O)C=[N+]=[N-])NC(=O)[C@H](CCCCN1CCOCC1=O)NC(=O)C12CC3CC(CC(C3)C1)C2. The number of nitrogens with zero attached hydrogens (tertiary/aromatic N) is 3. The quantitative estimate of drug-likeness (QED) is 0.0968. The fourth-order valence-corrected chi connectivity index (χ4v) is 7.66. The van der Waals surface area contributed by atoms with Gasteiger partial charge in [-0.25, -0.2) is 4.79 Å². The summed E-state index contributed by atoms with van der Waals surface area (Å²) >= 11 is 0. The van der Waals surface area contributed by atoms with Gasteiger partial charge in [0.2, 0.25) is 23.5 Å². The molecular weight excluding hydrogens is 542 g/mol. The van der Waals surface area contributed by atoms with E-state index in [0.29, 0.717) is 56.7 Å². The highest BCUT2D eigenvalue weighted by molar-refractivity contribution is 6.25. The average molecular weight is 588 g/mol. The number of unbranched alkanes of at least 4 members (excludes halogenated alkanes) is 1. The fraction of sp³-hybridized carbons (Fsp3) is 0.800. The summed E-state index contributed by atoms with van der Waals surface area (Å²) in [6, 6.07) is -1.99. The molecular formula is C30H45N5O7. The Morgan fingerprint density at radius 2 is 1.71 bits per heavy atom. The maximum Gasteiger partial charge on any atom is 0.328 e. The highest BCUT2D eigenvalue weighted by Gasteiger charge is 2.55. The lowest BCUT2D eigenvalue weighted by molar-refractivity contribution is -0.152. The van der Waals surface area contributed by atoms with Gasteiger partial charge >= 0.3 is 12.2 Å². The summed E-state index contributed by atoms with van der Waals surface area (Å²) in [6.07, 6.45) is 7.85. The Kier molecular flexibility index (Phi) is 10.9. The highest BCUT2D eigenvalue weighted by atomic mass is 16.5. The average Bonchev–Trinajstić information content (AvgIpc) is 2.92. The maximum atomic E-state index is 13.9. The summed E-state index contributed by atoms with van der Waals surface area (Å²) in [5, 5.41) is 5.79. The van der Waals surface area contributed by atoms with E-state index >= 15 is 0 Å². The number of hydrogen-bond donors (Lipinski definition) is 2. The molecule has 0 spiro atoms. The van der Waals surface area contributed by atoms with Crippen molar-refractivity contribution in [2.24, 2.45) is 23.2 Å². The van der Waals surface area contributed by atoms with Gasteiger partial charge in [-0.3, -0.25) is 19.2 Å². The first-order chi connectivity index (χ1) is 20.1. The summed E-state index contributed by atoms with van der Waals surface area (Å²) < 4.78 is 10.5. The first kappa shape index (κ1) is 31.8. The molecule has 12 heteroatoms. The van der Waals surface area contributed by atoms with Crippen LogP contribution in [0.5, 0.6) is 0 Å². The first-order valence-corrected chi connectivity index (χ1v) is 15.5. The largest absolute Gasteiger partial charge is 0.461 e. The molecule has 0 aromatic carbocycles. The van der Waals surface area contributed by atoms with E-state index in [-0.39, 0.29) is 31.3 Å². The molecule has 0 aromatic rings. The number of esters is 1. The van der Waals surface area contributed by atoms with Crippen molar-refractivity contribution in [3.63, 3.8) is 0 Å². The molecule has 1 aliphatic heterocycles. The minimum absolute atomic E-state index is 0.0447. The topological polar surface area (TPSA) is 168 Å². The van der Waals surface area contributed by atoms with Gasteiger partial charge in [-0.2, -0.15) is 4.79 Å². The number of rotatable bonds is 15. The van der Waals surface area contributed by atoms with E-state index in [9.17, 15) is 24.0 Å². The molecule has 5 rings (SSSR count). The Balaban J connectivity index is 1.43. The summed E-state index contributed by atoms with van der Waals surface area (Å²) in [4.78, 5) is 68.8. The molecule has 2 N–H and O–H groups in total. The molecule has 4 bridgehead atoms. The third-order valence-corrected chi connectivity index (χ3v) is 9.23. The lowest BCUT2D eigenvalue weighted by Crippen LogP contribution is -2.58. The van der Waals surface area contributed by atoms with E-state index in [2.05, 4.69) is 15.4 Å². The Hall–Kier alpha value is -3.11. The van der Waals surface area contributed by atoms with Crippen LogP contribution >= 0.6 is 0 Å². The second-order valence-electron chi connectivity index (χ2n) is 12.9. The van der Waals surface area contributed by atoms with E-state index in [0.717, 1.165) is 25.5 Å². The smallest absolute Gasteiger partial charge is 0.328 e. The summed E-state index contributed by atoms with van der Waals surface area (Å²) in [5.41, 5.74) is 8.20. The number of Topliss-reactive ketones (excluding diaryl/α,β-unsaturated/α-hetero) is 1. The Bertz CT molecular complexity index is 1050. The van der Waals surface area contributed by atoms with Crippen molar-refractivity contribution in [1.29, 1.82) is 0 Å². The first-order valence-electron chi connectivity index (χ1n) is 15.5. The number of ketones is 1. The molecule has 3 amide bonds. The van der Waals surface area contributed by atoms with Gasteiger partial charge in [-0.1, -0.05) is 0 Å². The predicted octanol–water partition coefficient (Wildman–Crippen LogP) is 1.80. The van der Waals surface area contributed by atoms with Gasteiger partial charge < -0.3 is 30.5 Å². The molecule has 12 nitrogen and oxygen atoms in total. The van der Waals surface area contributed by atoms with E-state index in [1.165, 1.54) is 19.3 Å². The van der Waals surface area contributed by atoms with E-state index in [1.807, 2.05) is 0 Å². The molecule has 232 valence electrons. The highest BCUT2D eigenvalue weighted by Crippen LogP contribution is 2.60. The number of morpholine rings is 1. The third kappa shape index (κ3) is 8.25. The van der Waals surface area contributed by atoms with Crippen LogP contribution in [0.2, 0.25) is 0 Å². The van der Waals surface area contributed by atoms with Crippen LogP contribution in [0.4, 0.5) is 0 Å². The van der Waals surface area contributed by atoms with Crippen LogP contribution in [0, 0.1) is 23.2 Å². The molecule has 4 saturated carbocycles. The van der Waals surface area contributed by atoms with E-state index < -0.39 is 41.3 Å². The lowest BCUT2D eigenvalue weighted by Gasteiger charge is -2.55.